The highest BCUT2D eigenvalue weighted by Gasteiger charge is 2.56. The molecule has 109 heavy (non-hydrogen) atoms. The Morgan fingerprint density at radius 3 is 0.954 bits per heavy atom. The van der Waals surface area contributed by atoms with Gasteiger partial charge in [-0.05, 0) is 136 Å². The Hall–Kier alpha value is -4.54. The number of nitrogens with one attached hydrogen (secondary N) is 10. The molecule has 0 aliphatic carbocycles. The van der Waals surface area contributed by atoms with Gasteiger partial charge in [0.2, 0.25) is 0 Å². The average molecular weight is 1740 g/mol. The number of carbonyl (C=O) groups is 5. The van der Waals surface area contributed by atoms with Crippen LogP contribution in [0.5, 0.6) is 0 Å². The summed E-state index contributed by atoms with van der Waals surface area (Å²) in [6.07, 6.45) is 30.0. The van der Waals surface area contributed by atoms with Crippen LogP contribution in [0.3, 0.4) is 0 Å². The molecule has 34 heteroatoms. The van der Waals surface area contributed by atoms with E-state index in [2.05, 4.69) is 207 Å². The third-order valence-corrected chi connectivity index (χ3v) is 28.7. The Morgan fingerprint density at radius 1 is 0.404 bits per heavy atom. The number of alkyl halides is 1. The SMILES string of the molecule is C=C1NC(=O)NC=C1[C@@H]1O[C@H](CCP(=C)(C)C)[C@@H](O)[C@@]1(C)OC.C=C1NC(=O)NC=C1[C@@H]1O[C@H](CCP(=C)(C)C)[C@@H](O)[C@H]1C.C=C1NC(=O)NC=C1[C@@H]1O[C@H](CCP(=C)(C)C)[C@@H](O)[C@H]1I.C=C1NC(=O)NC=C1[C@@H]1O[C@H](CCP(=C)(C)C)[C@@H](O)[C@H]1OC.C=C1NC(=O)NC=C1[C@@H]1O[C@H](CCP(=C)(C)C)[C@@H](O)[C@H]1OC. The van der Waals surface area contributed by atoms with Crippen molar-refractivity contribution in [1.82, 2.24) is 53.2 Å². The maximum Gasteiger partial charge on any atom is 0.323 e. The van der Waals surface area contributed by atoms with Crippen molar-refractivity contribution in [3.8, 4) is 0 Å². The zero-order chi connectivity index (χ0) is 82.0. The topological polar surface area (TPSA) is 381 Å². The first-order chi connectivity index (χ1) is 50.4. The summed E-state index contributed by atoms with van der Waals surface area (Å²) in [5, 5.41) is 78.5. The molecule has 10 heterocycles. The molecule has 0 aromatic carbocycles. The number of aliphatic hydroxyl groups is 5. The van der Waals surface area contributed by atoms with E-state index < -0.39 is 101 Å². The van der Waals surface area contributed by atoms with Crippen LogP contribution < -0.4 is 53.2 Å². The normalized spacial score (nSPS) is 33.3. The lowest BCUT2D eigenvalue weighted by molar-refractivity contribution is -0.0828. The van der Waals surface area contributed by atoms with E-state index in [1.807, 2.05) is 13.8 Å². The third-order valence-electron chi connectivity index (χ3n) is 19.9. The molecule has 10 aliphatic rings. The van der Waals surface area contributed by atoms with Crippen LogP contribution in [-0.4, -0.2) is 319 Å². The summed E-state index contributed by atoms with van der Waals surface area (Å²) in [7, 11) is 4.64. The molecular formula is C75H124IN10O18P5. The van der Waals surface area contributed by atoms with Gasteiger partial charge in [0.05, 0.1) is 52.8 Å². The number of urea groups is 5. The van der Waals surface area contributed by atoms with Gasteiger partial charge in [0.1, 0.15) is 60.5 Å². The maximum absolute atomic E-state index is 11.4. The summed E-state index contributed by atoms with van der Waals surface area (Å²) >= 11 is 2.21. The molecule has 10 amide bonds. The average Bonchev–Trinajstić information content (AvgIpc) is 1.66. The quantitative estimate of drug-likeness (QED) is 0.0295. The van der Waals surface area contributed by atoms with Gasteiger partial charge in [0.25, 0.3) is 0 Å². The van der Waals surface area contributed by atoms with E-state index in [1.165, 1.54) is 0 Å². The van der Waals surface area contributed by atoms with Crippen LogP contribution in [-0.2, 0) is 37.9 Å². The van der Waals surface area contributed by atoms with Crippen molar-refractivity contribution in [1.29, 1.82) is 0 Å². The molecular weight excluding hydrogens is 1610 g/mol. The third kappa shape index (κ3) is 26.2. The molecule has 10 aliphatic heterocycles. The van der Waals surface area contributed by atoms with Crippen molar-refractivity contribution in [2.45, 2.75) is 159 Å². The monoisotopic (exact) mass is 1730 g/mol. The van der Waals surface area contributed by atoms with Gasteiger partial charge < -0.3 is 117 Å². The van der Waals surface area contributed by atoms with Gasteiger partial charge in [-0.3, -0.25) is 0 Å². The summed E-state index contributed by atoms with van der Waals surface area (Å²) < 4.78 is 46.6. The number of carbonyl (C=O) groups excluding carboxylic acids is 5. The van der Waals surface area contributed by atoms with Gasteiger partial charge in [-0.1, -0.05) is 62.4 Å². The van der Waals surface area contributed by atoms with Crippen molar-refractivity contribution >= 4 is 119 Å². The largest absolute Gasteiger partial charge is 0.390 e. The molecule has 0 radical (unpaired) electrons. The molecule has 0 unspecified atom stereocenters. The highest BCUT2D eigenvalue weighted by molar-refractivity contribution is 14.1. The molecule has 15 N–H and O–H groups in total. The Kier molecular flexibility index (Phi) is 33.6. The number of rotatable bonds is 23. The molecule has 0 aromatic heterocycles. The Balaban J connectivity index is 0.000000213. The summed E-state index contributed by atoms with van der Waals surface area (Å²) in [5.74, 6) is -0.0407. The van der Waals surface area contributed by atoms with E-state index in [4.69, 9.17) is 37.9 Å². The van der Waals surface area contributed by atoms with Gasteiger partial charge in [-0.25, -0.2) is 24.0 Å². The molecule has 0 saturated carbocycles. The smallest absolute Gasteiger partial charge is 0.323 e. The molecule has 0 spiro atoms. The van der Waals surface area contributed by atoms with Crippen LogP contribution >= 0.6 is 57.0 Å². The van der Waals surface area contributed by atoms with Crippen LogP contribution in [0.2, 0.25) is 0 Å². The van der Waals surface area contributed by atoms with Crippen LogP contribution in [0.1, 0.15) is 46.0 Å². The van der Waals surface area contributed by atoms with Gasteiger partial charge in [-0.2, -0.15) is 0 Å². The number of halogens is 1. The predicted octanol–water partition coefficient (Wildman–Crippen LogP) is 6.50. The van der Waals surface area contributed by atoms with Crippen LogP contribution in [0.4, 0.5) is 24.0 Å². The van der Waals surface area contributed by atoms with E-state index in [1.54, 1.807) is 52.3 Å². The highest BCUT2D eigenvalue weighted by Crippen LogP contribution is 2.47. The van der Waals surface area contributed by atoms with Crippen LogP contribution in [0.25, 0.3) is 0 Å². The summed E-state index contributed by atoms with van der Waals surface area (Å²) in [6.45, 7) is 38.9. The number of amides is 10. The minimum atomic E-state index is -1.20. The Morgan fingerprint density at radius 2 is 0.661 bits per heavy atom. The first-order valence-corrected chi connectivity index (χ1v) is 52.6. The Labute approximate surface area is 659 Å². The van der Waals surface area contributed by atoms with Crippen LogP contribution in [0, 0.1) is 5.92 Å². The van der Waals surface area contributed by atoms with E-state index in [0.29, 0.717) is 45.2 Å². The fraction of sp³-hybridized carbons (Fsp3) is 0.600. The summed E-state index contributed by atoms with van der Waals surface area (Å²) in [6, 6.07) is -1.60. The number of ether oxygens (including phenoxy) is 8. The summed E-state index contributed by atoms with van der Waals surface area (Å²) in [5.41, 5.74) is 5.20. The lowest BCUT2D eigenvalue weighted by Gasteiger charge is -2.34. The standard InChI is InChI=1S/C16H27N2O4P.2C15H25N2O4P.C15H25N2O3P.C14H22IN2O3P/c1-10-11(9-17-15(20)18-10)14-16(2,21-3)13(19)12(22-14)7-8-23(4,5)6;2*1-9-10(8-16-15(19)17-9)13-14(20-2)12(18)11(21-13)6-7-22(3,4)5;1-9-13(18)12(6-7-21(3,4)5)20-14(9)11-8-16-15(19)17-10(11)2;1-8-9(7-16-14(19)17-8)13-11(15)12(18)10(20-13)5-6-21(2,3)4/h9,12-14,19H,1,4,7-8H2,2-3,5-6H3,(H2,17,18,20);2*8,11-14,18H,1,3,6-7H2,2,4-5H3,(H2,16,17,19);8-9,12-14,18H,2-3,6-7H2,1,4-5H3,(H2,16,17,19);7,10-13,18H,1-2,5-6H2,3-4H3,(H2,16,17,19)/t12-,13-,14+,16-;2*11-,12-,13+,14-;9-,12-,13+,14-;10-,11-,12-,13+/m11111/s1. The zero-order valence-electron chi connectivity index (χ0n) is 66.2. The molecule has 0 aromatic rings. The van der Waals surface area contributed by atoms with E-state index >= 15 is 0 Å². The van der Waals surface area contributed by atoms with Crippen molar-refractivity contribution in [2.24, 2.45) is 5.92 Å². The first kappa shape index (κ1) is 93.3. The van der Waals surface area contributed by atoms with E-state index in [-0.39, 0.29) is 82.7 Å². The fourth-order valence-electron chi connectivity index (χ4n) is 13.5. The van der Waals surface area contributed by atoms with Crippen LogP contribution in [0.15, 0.2) is 120 Å². The Bertz CT molecular complexity index is 3640. The second-order valence-electron chi connectivity index (χ2n) is 32.6. The van der Waals surface area contributed by atoms with Gasteiger partial charge >= 0.3 is 30.2 Å². The number of hydrogen-bond acceptors (Lipinski definition) is 18. The van der Waals surface area contributed by atoms with Gasteiger partial charge in [-0.15, -0.1) is 65.9 Å². The van der Waals surface area contributed by atoms with Crippen molar-refractivity contribution in [2.75, 3.05) is 119 Å². The lowest BCUT2D eigenvalue weighted by Crippen LogP contribution is -2.50. The highest BCUT2D eigenvalue weighted by atomic mass is 127. The maximum atomic E-state index is 11.4. The minimum absolute atomic E-state index is 0.0407. The molecule has 20 atom stereocenters. The molecule has 0 bridgehead atoms. The molecule has 614 valence electrons. The second kappa shape index (κ2) is 39.2. The fourth-order valence-corrected chi connectivity index (χ4v) is 19.2. The van der Waals surface area contributed by atoms with Gasteiger partial charge in [0.15, 0.2) is 0 Å². The number of hydrogen-bond donors (Lipinski definition) is 15. The number of aliphatic hydroxyl groups excluding tert-OH is 5. The molecule has 28 nitrogen and oxygen atoms in total. The van der Waals surface area contributed by atoms with Crippen molar-refractivity contribution in [3.63, 3.8) is 0 Å². The molecule has 5 saturated heterocycles. The first-order valence-electron chi connectivity index (χ1n) is 36.0. The summed E-state index contributed by atoms with van der Waals surface area (Å²) in [4.78, 5) is 56.4. The van der Waals surface area contributed by atoms with E-state index in [9.17, 15) is 49.5 Å². The molecule has 10 rings (SSSR count). The lowest BCUT2D eigenvalue weighted by atomic mass is 9.87. The zero-order valence-corrected chi connectivity index (χ0v) is 72.8. The predicted molar refractivity (Wildman–Crippen MR) is 459 cm³/mol. The molecule has 5 fully saturated rings. The van der Waals surface area contributed by atoms with Crippen molar-refractivity contribution < 1.29 is 87.4 Å². The van der Waals surface area contributed by atoms with E-state index in [0.717, 1.165) is 74.1 Å². The van der Waals surface area contributed by atoms with Gasteiger partial charge in [0, 0.05) is 115 Å². The minimum Gasteiger partial charge on any atom is -0.390 e. The second-order valence-corrected chi connectivity index (χ2v) is 55.6. The number of methoxy groups -OCH3 is 3. The van der Waals surface area contributed by atoms with Crippen molar-refractivity contribution in [3.05, 3.63) is 120 Å².